The Labute approximate surface area is 147 Å². The number of amides is 1. The lowest BCUT2D eigenvalue weighted by molar-refractivity contribution is -0.144. The molecule has 0 spiro atoms. The number of carboxylic acid groups (broad SMARTS) is 1. The third-order valence-corrected chi connectivity index (χ3v) is 4.52. The smallest absolute Gasteiger partial charge is 0.308 e. The van der Waals surface area contributed by atoms with Gasteiger partial charge in [-0.2, -0.15) is 0 Å². The molecule has 0 aromatic heterocycles. The lowest BCUT2D eigenvalue weighted by atomic mass is 9.98. The average Bonchev–Trinajstić information content (AvgIpc) is 2.67. The van der Waals surface area contributed by atoms with Gasteiger partial charge in [0.25, 0.3) is 0 Å². The van der Waals surface area contributed by atoms with Gasteiger partial charge in [0.15, 0.2) is 0 Å². The second-order valence-corrected chi connectivity index (χ2v) is 6.28. The van der Waals surface area contributed by atoms with Crippen molar-refractivity contribution < 1.29 is 14.7 Å². The number of piperidine rings is 1. The minimum Gasteiger partial charge on any atom is -0.481 e. The fourth-order valence-corrected chi connectivity index (χ4v) is 3.07. The number of hydrogen-bond donors (Lipinski definition) is 1. The fraction of sp³-hybridized carbons (Fsp3) is 0.238. The predicted molar refractivity (Wildman–Crippen MR) is 97.9 cm³/mol. The van der Waals surface area contributed by atoms with Crippen LogP contribution in [0.3, 0.4) is 0 Å². The fourth-order valence-electron chi connectivity index (χ4n) is 3.07. The first-order chi connectivity index (χ1) is 12.1. The summed E-state index contributed by atoms with van der Waals surface area (Å²) in [4.78, 5) is 25.0. The normalized spacial score (nSPS) is 17.6. The maximum atomic E-state index is 12.3. The molecule has 0 bridgehead atoms. The van der Waals surface area contributed by atoms with E-state index in [0.29, 0.717) is 19.5 Å². The quantitative estimate of drug-likeness (QED) is 0.867. The number of rotatable bonds is 4. The van der Waals surface area contributed by atoms with Crippen LogP contribution < -0.4 is 0 Å². The maximum absolute atomic E-state index is 12.3. The lowest BCUT2D eigenvalue weighted by Gasteiger charge is -2.29. The number of nitrogens with zero attached hydrogens (tertiary/aromatic N) is 1. The van der Waals surface area contributed by atoms with Crippen molar-refractivity contribution in [3.05, 3.63) is 66.2 Å². The van der Waals surface area contributed by atoms with E-state index >= 15 is 0 Å². The van der Waals surface area contributed by atoms with E-state index in [4.69, 9.17) is 5.11 Å². The van der Waals surface area contributed by atoms with Gasteiger partial charge in [-0.05, 0) is 35.6 Å². The van der Waals surface area contributed by atoms with E-state index in [0.717, 1.165) is 23.1 Å². The van der Waals surface area contributed by atoms with Crippen LogP contribution in [0.25, 0.3) is 17.2 Å². The van der Waals surface area contributed by atoms with Gasteiger partial charge in [-0.1, -0.05) is 54.6 Å². The van der Waals surface area contributed by atoms with Crippen LogP contribution in [0.2, 0.25) is 0 Å². The van der Waals surface area contributed by atoms with Gasteiger partial charge in [0.2, 0.25) is 5.91 Å². The molecule has 4 nitrogen and oxygen atoms in total. The van der Waals surface area contributed by atoms with Crippen LogP contribution in [0.5, 0.6) is 0 Å². The van der Waals surface area contributed by atoms with Gasteiger partial charge in [-0.3, -0.25) is 9.59 Å². The Morgan fingerprint density at radius 1 is 1.00 bits per heavy atom. The molecule has 4 heteroatoms. The summed E-state index contributed by atoms with van der Waals surface area (Å²) in [5.41, 5.74) is 3.23. The van der Waals surface area contributed by atoms with Crippen molar-refractivity contribution in [2.24, 2.45) is 5.92 Å². The molecule has 1 aliphatic heterocycles. The number of carbonyl (C=O) groups is 2. The molecule has 1 fully saturated rings. The summed E-state index contributed by atoms with van der Waals surface area (Å²) in [7, 11) is 0. The van der Waals surface area contributed by atoms with E-state index in [9.17, 15) is 9.59 Å². The minimum atomic E-state index is -0.821. The third-order valence-electron chi connectivity index (χ3n) is 4.52. The number of aliphatic carboxylic acids is 1. The number of likely N-dealkylation sites (tertiary alicyclic amines) is 1. The molecule has 1 atom stereocenters. The van der Waals surface area contributed by atoms with Crippen LogP contribution in [0.4, 0.5) is 0 Å². The summed E-state index contributed by atoms with van der Waals surface area (Å²) < 4.78 is 0. The summed E-state index contributed by atoms with van der Waals surface area (Å²) in [6, 6.07) is 18.1. The molecule has 1 aliphatic rings. The van der Waals surface area contributed by atoms with Gasteiger partial charge in [0, 0.05) is 19.2 Å². The van der Waals surface area contributed by atoms with E-state index in [1.165, 1.54) is 6.08 Å². The first-order valence-electron chi connectivity index (χ1n) is 8.49. The second-order valence-electron chi connectivity index (χ2n) is 6.28. The van der Waals surface area contributed by atoms with E-state index < -0.39 is 11.9 Å². The maximum Gasteiger partial charge on any atom is 0.308 e. The standard InChI is InChI=1S/C21H21NO3/c23-20(22-14-4-7-19(15-22)21(24)25)13-10-16-8-11-18(12-9-16)17-5-2-1-3-6-17/h1-3,5-6,8-13,19H,4,7,14-15H2,(H,24,25). The van der Waals surface area contributed by atoms with Crippen molar-refractivity contribution in [2.75, 3.05) is 13.1 Å². The Kier molecular flexibility index (Phi) is 5.29. The summed E-state index contributed by atoms with van der Waals surface area (Å²) in [6.07, 6.45) is 4.69. The van der Waals surface area contributed by atoms with Crippen LogP contribution >= 0.6 is 0 Å². The molecular weight excluding hydrogens is 314 g/mol. The van der Waals surface area contributed by atoms with Gasteiger partial charge >= 0.3 is 5.97 Å². The zero-order chi connectivity index (χ0) is 17.6. The molecule has 25 heavy (non-hydrogen) atoms. The summed E-state index contributed by atoms with van der Waals surface area (Å²) in [5, 5.41) is 9.11. The number of hydrogen-bond acceptors (Lipinski definition) is 2. The molecule has 1 amide bonds. The van der Waals surface area contributed by atoms with Crippen LogP contribution in [-0.2, 0) is 9.59 Å². The molecule has 1 N–H and O–H groups in total. The highest BCUT2D eigenvalue weighted by atomic mass is 16.4. The van der Waals surface area contributed by atoms with E-state index in [1.807, 2.05) is 42.5 Å². The van der Waals surface area contributed by atoms with Crippen molar-refractivity contribution in [1.82, 2.24) is 4.90 Å². The molecular formula is C21H21NO3. The number of carbonyl (C=O) groups excluding carboxylic acids is 1. The van der Waals surface area contributed by atoms with E-state index in [1.54, 1.807) is 11.0 Å². The highest BCUT2D eigenvalue weighted by Gasteiger charge is 2.27. The van der Waals surface area contributed by atoms with E-state index in [-0.39, 0.29) is 5.91 Å². The van der Waals surface area contributed by atoms with Crippen molar-refractivity contribution in [3.8, 4) is 11.1 Å². The molecule has 0 radical (unpaired) electrons. The molecule has 1 heterocycles. The molecule has 2 aromatic carbocycles. The van der Waals surface area contributed by atoms with Crippen LogP contribution in [-0.4, -0.2) is 35.0 Å². The van der Waals surface area contributed by atoms with Gasteiger partial charge in [0.05, 0.1) is 5.92 Å². The van der Waals surface area contributed by atoms with Gasteiger partial charge in [-0.25, -0.2) is 0 Å². The van der Waals surface area contributed by atoms with Crippen molar-refractivity contribution >= 4 is 18.0 Å². The van der Waals surface area contributed by atoms with Crippen molar-refractivity contribution in [2.45, 2.75) is 12.8 Å². The SMILES string of the molecule is O=C(O)C1CCCN(C(=O)C=Cc2ccc(-c3ccccc3)cc2)C1. The second kappa shape index (κ2) is 7.79. The highest BCUT2D eigenvalue weighted by molar-refractivity contribution is 5.92. The van der Waals surface area contributed by atoms with Crippen LogP contribution in [0.15, 0.2) is 60.7 Å². The predicted octanol–water partition coefficient (Wildman–Crippen LogP) is 3.69. The Hall–Kier alpha value is -2.88. The van der Waals surface area contributed by atoms with Gasteiger partial charge in [0.1, 0.15) is 0 Å². The first kappa shape index (κ1) is 17.0. The lowest BCUT2D eigenvalue weighted by Crippen LogP contribution is -2.41. The minimum absolute atomic E-state index is 0.127. The summed E-state index contributed by atoms with van der Waals surface area (Å²) >= 11 is 0. The number of carboxylic acids is 1. The molecule has 0 saturated carbocycles. The zero-order valence-corrected chi connectivity index (χ0v) is 14.0. The summed E-state index contributed by atoms with van der Waals surface area (Å²) in [5.74, 6) is -1.40. The van der Waals surface area contributed by atoms with Gasteiger partial charge in [-0.15, -0.1) is 0 Å². The topological polar surface area (TPSA) is 57.6 Å². The van der Waals surface area contributed by atoms with Crippen molar-refractivity contribution in [1.29, 1.82) is 0 Å². The number of benzene rings is 2. The average molecular weight is 335 g/mol. The Morgan fingerprint density at radius 3 is 2.36 bits per heavy atom. The molecule has 2 aromatic rings. The van der Waals surface area contributed by atoms with Crippen molar-refractivity contribution in [3.63, 3.8) is 0 Å². The Bertz CT molecular complexity index is 765. The van der Waals surface area contributed by atoms with Crippen LogP contribution in [0, 0.1) is 5.92 Å². The Morgan fingerprint density at radius 2 is 1.68 bits per heavy atom. The monoisotopic (exact) mass is 335 g/mol. The first-order valence-corrected chi connectivity index (χ1v) is 8.49. The largest absolute Gasteiger partial charge is 0.481 e. The molecule has 3 rings (SSSR count). The molecule has 1 saturated heterocycles. The van der Waals surface area contributed by atoms with Crippen LogP contribution in [0.1, 0.15) is 18.4 Å². The third kappa shape index (κ3) is 4.35. The summed E-state index contributed by atoms with van der Waals surface area (Å²) in [6.45, 7) is 0.922. The molecule has 1 unspecified atom stereocenters. The Balaban J connectivity index is 1.63. The highest BCUT2D eigenvalue weighted by Crippen LogP contribution is 2.20. The molecule has 0 aliphatic carbocycles. The van der Waals surface area contributed by atoms with E-state index in [2.05, 4.69) is 12.1 Å². The van der Waals surface area contributed by atoms with Gasteiger partial charge < -0.3 is 10.0 Å². The molecule has 128 valence electrons. The zero-order valence-electron chi connectivity index (χ0n) is 14.0.